The minimum Gasteiger partial charge on any atom is -0.446 e. The van der Waals surface area contributed by atoms with Crippen LogP contribution in [0.25, 0.3) is 0 Å². The Labute approximate surface area is 256 Å². The Kier molecular flexibility index (Phi) is 9.56. The third-order valence-electron chi connectivity index (χ3n) is 9.05. The van der Waals surface area contributed by atoms with Gasteiger partial charge in [-0.15, -0.1) is 0 Å². The number of fused-ring (bicyclic) bond motifs is 1. The highest BCUT2D eigenvalue weighted by atomic mass is 35.5. The number of ether oxygens (including phenoxy) is 1. The second-order valence-electron chi connectivity index (χ2n) is 12.1. The van der Waals surface area contributed by atoms with Gasteiger partial charge in [-0.25, -0.2) is 13.6 Å². The van der Waals surface area contributed by atoms with Gasteiger partial charge < -0.3 is 19.4 Å². The quantitative estimate of drug-likeness (QED) is 0.423. The molecule has 11 heteroatoms. The third-order valence-corrected chi connectivity index (χ3v) is 9.45. The second kappa shape index (κ2) is 13.2. The standard InChI is InChI=1S/C32H39ClF2N4O4/c1-20-5-7-25(15-27(20)33)39(32(42)43-26-9-13-37(14-10-26)22(3)40)12-4-11-36-16-23-18-38(19-24(23)17-36)31(41)29-28(34)8-6-21(2)30(29)35/h5-8,15,23-24,26H,4,9-14,16-19H2,1-3H3. The smallest absolute Gasteiger partial charge is 0.414 e. The summed E-state index contributed by atoms with van der Waals surface area (Å²) in [7, 11) is 0. The molecule has 3 fully saturated rings. The van der Waals surface area contributed by atoms with E-state index in [0.29, 0.717) is 62.7 Å². The molecule has 2 aromatic rings. The molecule has 0 spiro atoms. The number of rotatable bonds is 7. The fraction of sp³-hybridized carbons (Fsp3) is 0.531. The van der Waals surface area contributed by atoms with Crippen molar-refractivity contribution in [3.05, 3.63) is 63.7 Å². The number of hydrogen-bond donors (Lipinski definition) is 0. The van der Waals surface area contributed by atoms with Gasteiger partial charge in [0.1, 0.15) is 23.3 Å². The molecule has 3 amide bonds. The van der Waals surface area contributed by atoms with Crippen LogP contribution in [0.3, 0.4) is 0 Å². The third kappa shape index (κ3) is 6.96. The van der Waals surface area contributed by atoms with Crippen LogP contribution in [-0.4, -0.2) is 91.1 Å². The number of nitrogens with zero attached hydrogens (tertiary/aromatic N) is 4. The number of halogens is 3. The van der Waals surface area contributed by atoms with Crippen LogP contribution in [0.5, 0.6) is 0 Å². The summed E-state index contributed by atoms with van der Waals surface area (Å²) in [4.78, 5) is 45.3. The predicted octanol–water partition coefficient (Wildman–Crippen LogP) is 5.28. The number of benzene rings is 2. The zero-order valence-electron chi connectivity index (χ0n) is 25.0. The fourth-order valence-corrected chi connectivity index (χ4v) is 6.65. The Balaban J connectivity index is 1.15. The van der Waals surface area contributed by atoms with E-state index in [-0.39, 0.29) is 29.4 Å². The molecule has 8 nitrogen and oxygen atoms in total. The second-order valence-corrected chi connectivity index (χ2v) is 12.5. The lowest BCUT2D eigenvalue weighted by Crippen LogP contribution is -2.43. The molecule has 3 saturated heterocycles. The Morgan fingerprint density at radius 3 is 2.23 bits per heavy atom. The molecule has 0 radical (unpaired) electrons. The van der Waals surface area contributed by atoms with Crippen molar-refractivity contribution in [1.29, 1.82) is 0 Å². The van der Waals surface area contributed by atoms with Crippen molar-refractivity contribution in [3.63, 3.8) is 0 Å². The van der Waals surface area contributed by atoms with Gasteiger partial charge in [0.25, 0.3) is 5.91 Å². The van der Waals surface area contributed by atoms with Crippen molar-refractivity contribution in [2.24, 2.45) is 11.8 Å². The molecule has 2 unspecified atom stereocenters. The van der Waals surface area contributed by atoms with Crippen LogP contribution in [-0.2, 0) is 9.53 Å². The number of anilines is 1. The van der Waals surface area contributed by atoms with Crippen molar-refractivity contribution >= 4 is 35.2 Å². The number of hydrogen-bond acceptors (Lipinski definition) is 5. The largest absolute Gasteiger partial charge is 0.446 e. The SMILES string of the molecule is CC(=O)N1CCC(OC(=O)N(CCCN2CC3CN(C(=O)c4c(F)ccc(C)c4F)CC3C2)c2ccc(C)c(Cl)c2)CC1. The molecule has 2 aromatic carbocycles. The molecular formula is C32H39ClF2N4O4. The van der Waals surface area contributed by atoms with Crippen LogP contribution in [0.15, 0.2) is 30.3 Å². The molecule has 232 valence electrons. The van der Waals surface area contributed by atoms with E-state index in [4.69, 9.17) is 16.3 Å². The summed E-state index contributed by atoms with van der Waals surface area (Å²) < 4.78 is 34.8. The summed E-state index contributed by atoms with van der Waals surface area (Å²) in [6.07, 6.45) is 1.23. The van der Waals surface area contributed by atoms with Gasteiger partial charge in [0.15, 0.2) is 0 Å². The molecule has 3 heterocycles. The maximum absolute atomic E-state index is 14.6. The van der Waals surface area contributed by atoms with E-state index >= 15 is 0 Å². The highest BCUT2D eigenvalue weighted by Crippen LogP contribution is 2.33. The van der Waals surface area contributed by atoms with Crippen molar-refractivity contribution in [2.75, 3.05) is 57.3 Å². The van der Waals surface area contributed by atoms with Crippen LogP contribution >= 0.6 is 11.6 Å². The molecule has 0 saturated carbocycles. The predicted molar refractivity (Wildman–Crippen MR) is 160 cm³/mol. The van der Waals surface area contributed by atoms with E-state index in [1.807, 2.05) is 19.1 Å². The first-order valence-electron chi connectivity index (χ1n) is 15.0. The van der Waals surface area contributed by atoms with E-state index in [0.717, 1.165) is 31.3 Å². The molecule has 3 aliphatic rings. The van der Waals surface area contributed by atoms with Crippen LogP contribution in [0.1, 0.15) is 47.7 Å². The van der Waals surface area contributed by atoms with Gasteiger partial charge in [-0.3, -0.25) is 14.5 Å². The molecule has 2 atom stereocenters. The first kappa shape index (κ1) is 31.2. The van der Waals surface area contributed by atoms with E-state index in [9.17, 15) is 23.2 Å². The summed E-state index contributed by atoms with van der Waals surface area (Å²) in [6, 6.07) is 8.01. The normalized spacial score (nSPS) is 20.8. The summed E-state index contributed by atoms with van der Waals surface area (Å²) in [5.41, 5.74) is 1.37. The number of aryl methyl sites for hydroxylation is 2. The van der Waals surface area contributed by atoms with Crippen LogP contribution in [0.4, 0.5) is 19.3 Å². The molecular weight excluding hydrogens is 578 g/mol. The topological polar surface area (TPSA) is 73.4 Å². The molecule has 5 rings (SSSR count). The first-order chi connectivity index (χ1) is 20.5. The zero-order chi connectivity index (χ0) is 30.8. The van der Waals surface area contributed by atoms with Gasteiger partial charge in [-0.05, 0) is 68.0 Å². The van der Waals surface area contributed by atoms with Crippen LogP contribution < -0.4 is 4.90 Å². The molecule has 0 bridgehead atoms. The molecule has 3 aliphatic heterocycles. The van der Waals surface area contributed by atoms with Crippen molar-refractivity contribution in [1.82, 2.24) is 14.7 Å². The lowest BCUT2D eigenvalue weighted by atomic mass is 10.0. The van der Waals surface area contributed by atoms with Gasteiger partial charge in [0.05, 0.1) is 0 Å². The summed E-state index contributed by atoms with van der Waals surface area (Å²) in [5.74, 6) is -1.71. The Bertz CT molecular complexity index is 1370. The lowest BCUT2D eigenvalue weighted by molar-refractivity contribution is -0.130. The number of amides is 3. The average molecular weight is 617 g/mol. The van der Waals surface area contributed by atoms with E-state index in [1.54, 1.807) is 27.7 Å². The number of carbonyl (C=O) groups excluding carboxylic acids is 3. The van der Waals surface area contributed by atoms with E-state index < -0.39 is 29.2 Å². The Hall–Kier alpha value is -3.24. The first-order valence-corrected chi connectivity index (χ1v) is 15.4. The van der Waals surface area contributed by atoms with Crippen molar-refractivity contribution in [3.8, 4) is 0 Å². The molecule has 0 N–H and O–H groups in total. The summed E-state index contributed by atoms with van der Waals surface area (Å²) in [6.45, 7) is 9.80. The van der Waals surface area contributed by atoms with Crippen LogP contribution in [0, 0.1) is 37.3 Å². The van der Waals surface area contributed by atoms with Gasteiger partial charge >= 0.3 is 6.09 Å². The van der Waals surface area contributed by atoms with Crippen LogP contribution in [0.2, 0.25) is 5.02 Å². The fourth-order valence-electron chi connectivity index (χ4n) is 6.47. The number of carbonyl (C=O) groups is 3. The highest BCUT2D eigenvalue weighted by Gasteiger charge is 2.42. The average Bonchev–Trinajstić information content (AvgIpc) is 3.54. The van der Waals surface area contributed by atoms with Gasteiger partial charge in [0, 0.05) is 76.3 Å². The number of likely N-dealkylation sites (tertiary alicyclic amines) is 3. The summed E-state index contributed by atoms with van der Waals surface area (Å²) in [5, 5.41) is 0.571. The molecule has 43 heavy (non-hydrogen) atoms. The molecule has 0 aromatic heterocycles. The Morgan fingerprint density at radius 1 is 0.953 bits per heavy atom. The maximum atomic E-state index is 14.6. The van der Waals surface area contributed by atoms with Gasteiger partial charge in [-0.2, -0.15) is 0 Å². The maximum Gasteiger partial charge on any atom is 0.414 e. The van der Waals surface area contributed by atoms with Gasteiger partial charge in [0.2, 0.25) is 5.91 Å². The summed E-state index contributed by atoms with van der Waals surface area (Å²) >= 11 is 6.40. The van der Waals surface area contributed by atoms with E-state index in [2.05, 4.69) is 4.90 Å². The lowest BCUT2D eigenvalue weighted by Gasteiger charge is -2.32. The van der Waals surface area contributed by atoms with Gasteiger partial charge in [-0.1, -0.05) is 23.7 Å². The Morgan fingerprint density at radius 2 is 1.60 bits per heavy atom. The van der Waals surface area contributed by atoms with Crippen molar-refractivity contribution in [2.45, 2.75) is 46.1 Å². The molecule has 0 aliphatic carbocycles. The highest BCUT2D eigenvalue weighted by molar-refractivity contribution is 6.31. The zero-order valence-corrected chi connectivity index (χ0v) is 25.7. The van der Waals surface area contributed by atoms with Crippen molar-refractivity contribution < 1.29 is 27.9 Å². The van der Waals surface area contributed by atoms with E-state index in [1.165, 1.54) is 13.0 Å². The minimum atomic E-state index is -0.828. The monoisotopic (exact) mass is 616 g/mol. The number of piperidine rings is 1. The minimum absolute atomic E-state index is 0.0279.